The average molecular weight is 305 g/mol. The second-order valence-electron chi connectivity index (χ2n) is 4.54. The van der Waals surface area contributed by atoms with Gasteiger partial charge in [0.1, 0.15) is 6.20 Å². The highest BCUT2D eigenvalue weighted by atomic mass is 32.2. The van der Waals surface area contributed by atoms with Crippen molar-refractivity contribution in [1.82, 2.24) is 9.55 Å². The van der Waals surface area contributed by atoms with Gasteiger partial charge in [0.2, 0.25) is 5.82 Å². The Morgan fingerprint density at radius 1 is 1.35 bits per heavy atom. The summed E-state index contributed by atoms with van der Waals surface area (Å²) in [5.74, 6) is 0.487. The van der Waals surface area contributed by atoms with E-state index in [0.717, 1.165) is 25.5 Å². The molecule has 0 aliphatic heterocycles. The van der Waals surface area contributed by atoms with Gasteiger partial charge in [-0.3, -0.25) is 4.18 Å². The summed E-state index contributed by atoms with van der Waals surface area (Å²) in [7, 11) is -3.35. The minimum absolute atomic E-state index is 0.135. The fourth-order valence-corrected chi connectivity index (χ4v) is 2.17. The molecule has 0 amide bonds. The van der Waals surface area contributed by atoms with E-state index in [0.29, 0.717) is 18.8 Å². The molecule has 0 atom stereocenters. The second-order valence-corrected chi connectivity index (χ2v) is 6.18. The van der Waals surface area contributed by atoms with Crippen LogP contribution in [0.15, 0.2) is 6.20 Å². The van der Waals surface area contributed by atoms with E-state index >= 15 is 0 Å². The van der Waals surface area contributed by atoms with Crippen molar-refractivity contribution < 1.29 is 17.5 Å². The Bertz CT molecular complexity index is 552. The summed E-state index contributed by atoms with van der Waals surface area (Å²) in [5.41, 5.74) is 0. The van der Waals surface area contributed by atoms with E-state index in [4.69, 9.17) is 0 Å². The lowest BCUT2D eigenvalue weighted by Gasteiger charge is -2.03. The van der Waals surface area contributed by atoms with Crippen LogP contribution in [0.1, 0.15) is 31.5 Å². The number of nitrogens with zero attached hydrogens (tertiary/aromatic N) is 3. The molecular formula is C11H19N3O5S. The van der Waals surface area contributed by atoms with Crippen LogP contribution in [0.3, 0.4) is 0 Å². The SMILES string of the molecule is Cc1nc([N+](=O)[O-])cn1CCCCCCOS(C)(=O)=O. The Kier molecular flexibility index (Phi) is 6.08. The van der Waals surface area contributed by atoms with E-state index in [1.54, 1.807) is 11.5 Å². The summed E-state index contributed by atoms with van der Waals surface area (Å²) < 4.78 is 27.8. The lowest BCUT2D eigenvalue weighted by molar-refractivity contribution is -0.389. The number of nitro groups is 1. The summed E-state index contributed by atoms with van der Waals surface area (Å²) >= 11 is 0. The van der Waals surface area contributed by atoms with Crippen LogP contribution in [0, 0.1) is 17.0 Å². The van der Waals surface area contributed by atoms with Gasteiger partial charge in [-0.15, -0.1) is 0 Å². The molecule has 0 aliphatic carbocycles. The van der Waals surface area contributed by atoms with E-state index in [1.807, 2.05) is 0 Å². The first-order chi connectivity index (χ1) is 9.29. The molecule has 1 aromatic heterocycles. The number of hydrogen-bond acceptors (Lipinski definition) is 6. The molecule has 0 spiro atoms. The summed E-state index contributed by atoms with van der Waals surface area (Å²) in [6, 6.07) is 0. The Labute approximate surface area is 118 Å². The maximum Gasteiger partial charge on any atom is 0.381 e. The van der Waals surface area contributed by atoms with Crippen molar-refractivity contribution in [1.29, 1.82) is 0 Å². The molecule has 0 aliphatic rings. The maximum absolute atomic E-state index is 10.7. The summed E-state index contributed by atoms with van der Waals surface area (Å²) in [6.45, 7) is 2.60. The quantitative estimate of drug-likeness (QED) is 0.297. The fourth-order valence-electron chi connectivity index (χ4n) is 1.75. The first-order valence-electron chi connectivity index (χ1n) is 6.32. The molecule has 1 heterocycles. The minimum Gasteiger partial charge on any atom is -0.358 e. The fraction of sp³-hybridized carbons (Fsp3) is 0.727. The van der Waals surface area contributed by atoms with Crippen molar-refractivity contribution in [3.8, 4) is 0 Å². The zero-order chi connectivity index (χ0) is 15.2. The van der Waals surface area contributed by atoms with Gasteiger partial charge in [0, 0.05) is 13.5 Å². The van der Waals surface area contributed by atoms with Crippen molar-refractivity contribution >= 4 is 15.9 Å². The molecule has 114 valence electrons. The molecule has 0 N–H and O–H groups in total. The first-order valence-corrected chi connectivity index (χ1v) is 8.14. The van der Waals surface area contributed by atoms with Crippen molar-refractivity contribution in [2.24, 2.45) is 0 Å². The zero-order valence-corrected chi connectivity index (χ0v) is 12.4. The monoisotopic (exact) mass is 305 g/mol. The minimum atomic E-state index is -3.35. The van der Waals surface area contributed by atoms with Crippen LogP contribution >= 0.6 is 0 Å². The van der Waals surface area contributed by atoms with Crippen LogP contribution in [0.25, 0.3) is 0 Å². The van der Waals surface area contributed by atoms with Gasteiger partial charge in [0.25, 0.3) is 10.1 Å². The summed E-state index contributed by atoms with van der Waals surface area (Å²) in [4.78, 5) is 13.9. The maximum atomic E-state index is 10.7. The lowest BCUT2D eigenvalue weighted by Crippen LogP contribution is -2.04. The molecule has 8 nitrogen and oxygen atoms in total. The highest BCUT2D eigenvalue weighted by molar-refractivity contribution is 7.85. The molecule has 0 saturated carbocycles. The molecule has 0 aromatic carbocycles. The van der Waals surface area contributed by atoms with E-state index in [1.165, 1.54) is 6.20 Å². The third kappa shape index (κ3) is 6.11. The normalized spacial score (nSPS) is 11.7. The van der Waals surface area contributed by atoms with E-state index in [9.17, 15) is 18.5 Å². The number of hydrogen-bond donors (Lipinski definition) is 0. The standard InChI is InChI=1S/C11H19N3O5S/c1-10-12-11(14(15)16)9-13(10)7-5-3-4-6-8-19-20(2,17)18/h9H,3-8H2,1-2H3. The first kappa shape index (κ1) is 16.6. The van der Waals surface area contributed by atoms with Gasteiger partial charge in [-0.05, 0) is 22.7 Å². The van der Waals surface area contributed by atoms with Crippen LogP contribution in [-0.2, 0) is 20.8 Å². The highest BCUT2D eigenvalue weighted by Gasteiger charge is 2.14. The van der Waals surface area contributed by atoms with Crippen LogP contribution in [0.5, 0.6) is 0 Å². The Hall–Kier alpha value is -1.48. The molecular weight excluding hydrogens is 286 g/mol. The van der Waals surface area contributed by atoms with E-state index in [2.05, 4.69) is 9.17 Å². The molecule has 0 radical (unpaired) electrons. The molecule has 1 aromatic rings. The van der Waals surface area contributed by atoms with Gasteiger partial charge < -0.3 is 14.7 Å². The highest BCUT2D eigenvalue weighted by Crippen LogP contribution is 2.12. The topological polar surface area (TPSA) is 104 Å². The lowest BCUT2D eigenvalue weighted by atomic mass is 10.2. The number of aromatic nitrogens is 2. The second kappa shape index (κ2) is 7.34. The number of unbranched alkanes of at least 4 members (excludes halogenated alkanes) is 3. The largest absolute Gasteiger partial charge is 0.381 e. The molecule has 0 unspecified atom stereocenters. The molecule has 0 saturated heterocycles. The van der Waals surface area contributed by atoms with Gasteiger partial charge >= 0.3 is 5.82 Å². The summed E-state index contributed by atoms with van der Waals surface area (Å²) in [6.07, 6.45) is 5.75. The van der Waals surface area contributed by atoms with Crippen molar-refractivity contribution in [2.75, 3.05) is 12.9 Å². The van der Waals surface area contributed by atoms with Gasteiger partial charge in [-0.1, -0.05) is 12.8 Å². The van der Waals surface area contributed by atoms with Gasteiger partial charge in [0.15, 0.2) is 0 Å². The van der Waals surface area contributed by atoms with Crippen molar-refractivity contribution in [3.05, 3.63) is 22.1 Å². The molecule has 20 heavy (non-hydrogen) atoms. The van der Waals surface area contributed by atoms with Crippen molar-refractivity contribution in [2.45, 2.75) is 39.2 Å². The van der Waals surface area contributed by atoms with Gasteiger partial charge in [-0.2, -0.15) is 8.42 Å². The predicted octanol–water partition coefficient (Wildman–Crippen LogP) is 1.64. The van der Waals surface area contributed by atoms with Gasteiger partial charge in [-0.25, -0.2) is 0 Å². The average Bonchev–Trinajstić information content (AvgIpc) is 2.68. The smallest absolute Gasteiger partial charge is 0.358 e. The third-order valence-corrected chi connectivity index (χ3v) is 3.34. The van der Waals surface area contributed by atoms with Gasteiger partial charge in [0.05, 0.1) is 12.9 Å². The Balaban J connectivity index is 2.20. The number of aryl methyl sites for hydroxylation is 2. The summed E-state index contributed by atoms with van der Waals surface area (Å²) in [5, 5.41) is 10.6. The number of rotatable bonds is 9. The molecule has 9 heteroatoms. The third-order valence-electron chi connectivity index (χ3n) is 2.74. The zero-order valence-electron chi connectivity index (χ0n) is 11.6. The van der Waals surface area contributed by atoms with E-state index in [-0.39, 0.29) is 12.4 Å². The van der Waals surface area contributed by atoms with Crippen LogP contribution in [0.4, 0.5) is 5.82 Å². The molecule has 1 rings (SSSR count). The molecule has 0 fully saturated rings. The Morgan fingerprint density at radius 2 is 2.00 bits per heavy atom. The Morgan fingerprint density at radius 3 is 2.55 bits per heavy atom. The predicted molar refractivity (Wildman–Crippen MR) is 72.9 cm³/mol. The van der Waals surface area contributed by atoms with Crippen LogP contribution in [-0.4, -0.2) is 35.8 Å². The van der Waals surface area contributed by atoms with Crippen molar-refractivity contribution in [3.63, 3.8) is 0 Å². The molecule has 0 bridgehead atoms. The van der Waals surface area contributed by atoms with E-state index < -0.39 is 15.0 Å². The van der Waals surface area contributed by atoms with Crippen LogP contribution in [0.2, 0.25) is 0 Å². The van der Waals surface area contributed by atoms with Crippen LogP contribution < -0.4 is 0 Å². The number of imidazole rings is 1.